The van der Waals surface area contributed by atoms with Gasteiger partial charge in [-0.15, -0.1) is 0 Å². The molecule has 1 rings (SSSR count). The van der Waals surface area contributed by atoms with Gasteiger partial charge in [0.1, 0.15) is 0 Å². The highest BCUT2D eigenvalue weighted by molar-refractivity contribution is 4.72. The molecule has 1 aliphatic carbocycles. The van der Waals surface area contributed by atoms with Gasteiger partial charge in [0.25, 0.3) is 0 Å². The van der Waals surface area contributed by atoms with Crippen LogP contribution >= 0.6 is 0 Å². The van der Waals surface area contributed by atoms with Crippen molar-refractivity contribution in [1.29, 1.82) is 0 Å². The van der Waals surface area contributed by atoms with E-state index in [0.717, 1.165) is 45.1 Å². The van der Waals surface area contributed by atoms with Gasteiger partial charge in [0.05, 0.1) is 5.60 Å². The normalized spacial score (nSPS) is 16.7. The second-order valence-corrected chi connectivity index (χ2v) is 5.34. The molecule has 0 spiro atoms. The minimum Gasteiger partial charge on any atom is -0.381 e. The van der Waals surface area contributed by atoms with Crippen molar-refractivity contribution >= 4 is 0 Å². The summed E-state index contributed by atoms with van der Waals surface area (Å²) in [5, 5.41) is 3.42. The predicted molar refractivity (Wildman–Crippen MR) is 66.7 cm³/mol. The number of ether oxygens (including phenoxy) is 2. The number of methoxy groups -OCH3 is 1. The molecule has 0 unspecified atom stereocenters. The summed E-state index contributed by atoms with van der Waals surface area (Å²) in [4.78, 5) is 0. The molecule has 1 saturated carbocycles. The molecule has 0 heterocycles. The molecular formula is C13H27NO2. The molecule has 96 valence electrons. The van der Waals surface area contributed by atoms with Crippen LogP contribution in [0.15, 0.2) is 0 Å². The second kappa shape index (κ2) is 7.25. The van der Waals surface area contributed by atoms with E-state index in [2.05, 4.69) is 19.2 Å². The molecule has 1 N–H and O–H groups in total. The SMILES string of the molecule is COC(C)(C)CCNCCCOCC1CC1. The minimum absolute atomic E-state index is 0.00449. The second-order valence-electron chi connectivity index (χ2n) is 5.34. The van der Waals surface area contributed by atoms with Crippen molar-refractivity contribution in [3.63, 3.8) is 0 Å². The molecule has 3 nitrogen and oxygen atoms in total. The van der Waals surface area contributed by atoms with E-state index in [1.54, 1.807) is 7.11 Å². The van der Waals surface area contributed by atoms with Crippen LogP contribution in [0.2, 0.25) is 0 Å². The Hall–Kier alpha value is -0.120. The lowest BCUT2D eigenvalue weighted by atomic mass is 10.1. The van der Waals surface area contributed by atoms with E-state index < -0.39 is 0 Å². The molecule has 0 bridgehead atoms. The average molecular weight is 229 g/mol. The van der Waals surface area contributed by atoms with Crippen LogP contribution in [-0.2, 0) is 9.47 Å². The van der Waals surface area contributed by atoms with Crippen molar-refractivity contribution in [2.45, 2.75) is 45.1 Å². The summed E-state index contributed by atoms with van der Waals surface area (Å²) in [6.45, 7) is 8.18. The summed E-state index contributed by atoms with van der Waals surface area (Å²) in [6.07, 6.45) is 4.92. The molecule has 0 atom stereocenters. The number of rotatable bonds is 10. The Kier molecular flexibility index (Phi) is 6.32. The van der Waals surface area contributed by atoms with Gasteiger partial charge in [0.2, 0.25) is 0 Å². The third kappa shape index (κ3) is 7.20. The summed E-state index contributed by atoms with van der Waals surface area (Å²) in [7, 11) is 1.77. The van der Waals surface area contributed by atoms with Gasteiger partial charge >= 0.3 is 0 Å². The standard InChI is InChI=1S/C13H27NO2/c1-13(2,15-3)7-9-14-8-4-10-16-11-12-5-6-12/h12,14H,4-11H2,1-3H3. The first kappa shape index (κ1) is 13.9. The predicted octanol–water partition coefficient (Wildman–Crippen LogP) is 2.21. The van der Waals surface area contributed by atoms with Crippen molar-refractivity contribution in [1.82, 2.24) is 5.32 Å². The zero-order chi connectivity index (χ0) is 11.9. The molecule has 0 aromatic carbocycles. The Morgan fingerprint density at radius 1 is 1.25 bits per heavy atom. The number of nitrogens with one attached hydrogen (secondary N) is 1. The Morgan fingerprint density at radius 3 is 2.62 bits per heavy atom. The highest BCUT2D eigenvalue weighted by atomic mass is 16.5. The molecule has 16 heavy (non-hydrogen) atoms. The van der Waals surface area contributed by atoms with Gasteiger partial charge in [-0.2, -0.15) is 0 Å². The Morgan fingerprint density at radius 2 is 2.00 bits per heavy atom. The molecule has 3 heteroatoms. The van der Waals surface area contributed by atoms with Crippen molar-refractivity contribution in [3.05, 3.63) is 0 Å². The first-order valence-electron chi connectivity index (χ1n) is 6.48. The van der Waals surface area contributed by atoms with Crippen molar-refractivity contribution < 1.29 is 9.47 Å². The van der Waals surface area contributed by atoms with Gasteiger partial charge in [-0.3, -0.25) is 0 Å². The van der Waals surface area contributed by atoms with Gasteiger partial charge in [0.15, 0.2) is 0 Å². The molecule has 0 radical (unpaired) electrons. The van der Waals surface area contributed by atoms with Crippen LogP contribution in [-0.4, -0.2) is 39.0 Å². The highest BCUT2D eigenvalue weighted by Gasteiger charge is 2.20. The molecular weight excluding hydrogens is 202 g/mol. The van der Waals surface area contributed by atoms with Gasteiger partial charge in [-0.05, 0) is 58.5 Å². The summed E-state index contributed by atoms with van der Waals surface area (Å²) in [5.41, 5.74) is -0.00449. The smallest absolute Gasteiger partial charge is 0.0634 e. The third-order valence-corrected chi connectivity index (χ3v) is 3.15. The van der Waals surface area contributed by atoms with Crippen LogP contribution in [0, 0.1) is 5.92 Å². The summed E-state index contributed by atoms with van der Waals surface area (Å²) >= 11 is 0. The Bertz CT molecular complexity index is 179. The van der Waals surface area contributed by atoms with Crippen LogP contribution in [0.1, 0.15) is 39.5 Å². The molecule has 0 saturated heterocycles. The number of hydrogen-bond donors (Lipinski definition) is 1. The van der Waals surface area contributed by atoms with E-state index in [-0.39, 0.29) is 5.60 Å². The van der Waals surface area contributed by atoms with Crippen molar-refractivity contribution in [3.8, 4) is 0 Å². The largest absolute Gasteiger partial charge is 0.381 e. The third-order valence-electron chi connectivity index (χ3n) is 3.15. The van der Waals surface area contributed by atoms with Crippen molar-refractivity contribution in [2.75, 3.05) is 33.4 Å². The van der Waals surface area contributed by atoms with Gasteiger partial charge in [0, 0.05) is 20.3 Å². The van der Waals surface area contributed by atoms with Crippen LogP contribution in [0.25, 0.3) is 0 Å². The maximum Gasteiger partial charge on any atom is 0.0634 e. The fourth-order valence-electron chi connectivity index (χ4n) is 1.45. The van der Waals surface area contributed by atoms with Gasteiger partial charge in [-0.25, -0.2) is 0 Å². The lowest BCUT2D eigenvalue weighted by Gasteiger charge is -2.22. The lowest BCUT2D eigenvalue weighted by molar-refractivity contribution is 0.0158. The molecule has 1 fully saturated rings. The van der Waals surface area contributed by atoms with E-state index in [1.807, 2.05) is 0 Å². The minimum atomic E-state index is -0.00449. The fraction of sp³-hybridized carbons (Fsp3) is 1.00. The van der Waals surface area contributed by atoms with E-state index in [0.29, 0.717) is 0 Å². The van der Waals surface area contributed by atoms with Crippen LogP contribution < -0.4 is 5.32 Å². The van der Waals surface area contributed by atoms with Gasteiger partial charge in [-0.1, -0.05) is 0 Å². The first-order valence-corrected chi connectivity index (χ1v) is 6.48. The quantitative estimate of drug-likeness (QED) is 0.583. The van der Waals surface area contributed by atoms with E-state index in [1.165, 1.54) is 12.8 Å². The molecule has 0 aromatic heterocycles. The van der Waals surface area contributed by atoms with Crippen molar-refractivity contribution in [2.24, 2.45) is 5.92 Å². The van der Waals surface area contributed by atoms with Crippen LogP contribution in [0.5, 0.6) is 0 Å². The van der Waals surface area contributed by atoms with E-state index >= 15 is 0 Å². The summed E-state index contributed by atoms with van der Waals surface area (Å²) < 4.78 is 10.9. The number of hydrogen-bond acceptors (Lipinski definition) is 3. The molecule has 0 aliphatic heterocycles. The van der Waals surface area contributed by atoms with E-state index in [4.69, 9.17) is 9.47 Å². The summed E-state index contributed by atoms with van der Waals surface area (Å²) in [6, 6.07) is 0. The summed E-state index contributed by atoms with van der Waals surface area (Å²) in [5.74, 6) is 0.885. The fourth-order valence-corrected chi connectivity index (χ4v) is 1.45. The maximum atomic E-state index is 5.56. The monoisotopic (exact) mass is 229 g/mol. The molecule has 0 amide bonds. The average Bonchev–Trinajstić information content (AvgIpc) is 3.06. The first-order chi connectivity index (χ1) is 7.64. The van der Waals surface area contributed by atoms with E-state index in [9.17, 15) is 0 Å². The molecule has 1 aliphatic rings. The zero-order valence-corrected chi connectivity index (χ0v) is 11.1. The van der Waals surface area contributed by atoms with Crippen LogP contribution in [0.3, 0.4) is 0 Å². The maximum absolute atomic E-state index is 5.56. The lowest BCUT2D eigenvalue weighted by Crippen LogP contribution is -2.29. The Balaban J connectivity index is 1.76. The Labute approximate surface area is 99.9 Å². The van der Waals surface area contributed by atoms with Crippen LogP contribution in [0.4, 0.5) is 0 Å². The van der Waals surface area contributed by atoms with Gasteiger partial charge < -0.3 is 14.8 Å². The highest BCUT2D eigenvalue weighted by Crippen LogP contribution is 2.28. The topological polar surface area (TPSA) is 30.5 Å². The zero-order valence-electron chi connectivity index (χ0n) is 11.1. The molecule has 0 aromatic rings.